The van der Waals surface area contributed by atoms with Crippen molar-refractivity contribution in [3.05, 3.63) is 34.4 Å². The topological polar surface area (TPSA) is 67.5 Å². The van der Waals surface area contributed by atoms with Gasteiger partial charge in [0.1, 0.15) is 0 Å². The van der Waals surface area contributed by atoms with Gasteiger partial charge in [0.2, 0.25) is 0 Å². The van der Waals surface area contributed by atoms with Crippen molar-refractivity contribution >= 4 is 17.1 Å². The molecule has 0 fully saturated rings. The molecule has 0 amide bonds. The lowest BCUT2D eigenvalue weighted by Crippen LogP contribution is -2.07. The molecular formula is C12H17N3O2. The second kappa shape index (κ2) is 5.98. The second-order valence-corrected chi connectivity index (χ2v) is 3.98. The number of non-ortho nitro benzene ring substituents is 1. The molecule has 0 aliphatic carbocycles. The van der Waals surface area contributed by atoms with Crippen LogP contribution in [0.25, 0.3) is 0 Å². The van der Waals surface area contributed by atoms with Crippen molar-refractivity contribution in [1.82, 2.24) is 0 Å². The summed E-state index contributed by atoms with van der Waals surface area (Å²) in [6.45, 7) is 6.13. The second-order valence-electron chi connectivity index (χ2n) is 3.98. The van der Waals surface area contributed by atoms with Crippen LogP contribution in [0.15, 0.2) is 29.4 Å². The van der Waals surface area contributed by atoms with E-state index in [-0.39, 0.29) is 5.69 Å². The van der Waals surface area contributed by atoms with Gasteiger partial charge in [-0.2, -0.15) is 5.10 Å². The van der Waals surface area contributed by atoms with E-state index in [4.69, 9.17) is 0 Å². The summed E-state index contributed by atoms with van der Waals surface area (Å²) in [5.41, 5.74) is 4.51. The molecule has 1 atom stereocenters. The predicted molar refractivity (Wildman–Crippen MR) is 69.3 cm³/mol. The first kappa shape index (κ1) is 13.2. The maximum Gasteiger partial charge on any atom is 0.271 e. The van der Waals surface area contributed by atoms with E-state index in [9.17, 15) is 10.1 Å². The highest BCUT2D eigenvalue weighted by atomic mass is 16.6. The third-order valence-corrected chi connectivity index (χ3v) is 2.74. The Morgan fingerprint density at radius 3 is 2.88 bits per heavy atom. The highest BCUT2D eigenvalue weighted by Gasteiger charge is 2.06. The monoisotopic (exact) mass is 235 g/mol. The van der Waals surface area contributed by atoms with Gasteiger partial charge < -0.3 is 0 Å². The van der Waals surface area contributed by atoms with Crippen LogP contribution in [-0.2, 0) is 0 Å². The van der Waals surface area contributed by atoms with Crippen molar-refractivity contribution in [2.45, 2.75) is 27.2 Å². The molecule has 5 nitrogen and oxygen atoms in total. The van der Waals surface area contributed by atoms with Crippen LogP contribution >= 0.6 is 0 Å². The summed E-state index contributed by atoms with van der Waals surface area (Å²) in [5.74, 6) is 0.404. The van der Waals surface area contributed by atoms with Gasteiger partial charge in [-0.05, 0) is 25.3 Å². The quantitative estimate of drug-likeness (QED) is 0.483. The zero-order chi connectivity index (χ0) is 12.8. The van der Waals surface area contributed by atoms with Gasteiger partial charge in [-0.15, -0.1) is 0 Å². The van der Waals surface area contributed by atoms with E-state index >= 15 is 0 Å². The van der Waals surface area contributed by atoms with Crippen LogP contribution in [0.1, 0.15) is 27.2 Å². The molecule has 0 spiro atoms. The number of nitro groups is 1. The van der Waals surface area contributed by atoms with Crippen molar-refractivity contribution in [2.24, 2.45) is 11.0 Å². The predicted octanol–water partition coefficient (Wildman–Crippen LogP) is 3.43. The molecule has 0 heterocycles. The lowest BCUT2D eigenvalue weighted by molar-refractivity contribution is -0.384. The molecule has 92 valence electrons. The van der Waals surface area contributed by atoms with Crippen molar-refractivity contribution in [3.63, 3.8) is 0 Å². The molecular weight excluding hydrogens is 218 g/mol. The summed E-state index contributed by atoms with van der Waals surface area (Å²) >= 11 is 0. The molecule has 17 heavy (non-hydrogen) atoms. The number of nitrogens with one attached hydrogen (secondary N) is 1. The number of anilines is 1. The summed E-state index contributed by atoms with van der Waals surface area (Å²) in [7, 11) is 0. The molecule has 0 aromatic heterocycles. The van der Waals surface area contributed by atoms with E-state index < -0.39 is 4.92 Å². The van der Waals surface area contributed by atoms with E-state index in [1.165, 1.54) is 12.1 Å². The SMILES string of the molecule is CC[C@@H](C)/C(C)=N\Nc1cccc([N+](=O)[O-])c1. The van der Waals surface area contributed by atoms with Gasteiger partial charge in [-0.1, -0.05) is 19.9 Å². The van der Waals surface area contributed by atoms with Crippen LogP contribution in [0.3, 0.4) is 0 Å². The normalized spacial score (nSPS) is 13.2. The zero-order valence-corrected chi connectivity index (χ0v) is 10.3. The molecule has 1 aromatic rings. The molecule has 0 unspecified atom stereocenters. The number of rotatable bonds is 5. The minimum Gasteiger partial charge on any atom is -0.278 e. The molecule has 1 aromatic carbocycles. The van der Waals surface area contributed by atoms with Gasteiger partial charge >= 0.3 is 0 Å². The van der Waals surface area contributed by atoms with Crippen LogP contribution in [0.5, 0.6) is 0 Å². The molecule has 0 bridgehead atoms. The summed E-state index contributed by atoms with van der Waals surface area (Å²) < 4.78 is 0. The zero-order valence-electron chi connectivity index (χ0n) is 10.3. The lowest BCUT2D eigenvalue weighted by atomic mass is 10.1. The van der Waals surface area contributed by atoms with Crippen LogP contribution in [0.2, 0.25) is 0 Å². The smallest absolute Gasteiger partial charge is 0.271 e. The Morgan fingerprint density at radius 1 is 1.59 bits per heavy atom. The number of hydrogen-bond donors (Lipinski definition) is 1. The van der Waals surface area contributed by atoms with Gasteiger partial charge in [0.15, 0.2) is 0 Å². The first-order valence-electron chi connectivity index (χ1n) is 5.59. The average Bonchev–Trinajstić information content (AvgIpc) is 2.35. The molecule has 0 saturated heterocycles. The largest absolute Gasteiger partial charge is 0.278 e. The van der Waals surface area contributed by atoms with Crippen LogP contribution in [-0.4, -0.2) is 10.6 Å². The van der Waals surface area contributed by atoms with E-state index in [1.54, 1.807) is 12.1 Å². The number of nitro benzene ring substituents is 1. The standard InChI is InChI=1S/C12H17N3O2/c1-4-9(2)10(3)13-14-11-6-5-7-12(8-11)15(16)17/h5-9,14H,4H2,1-3H3/b13-10-/t9-/m1/s1. The lowest BCUT2D eigenvalue weighted by Gasteiger charge is -2.08. The molecule has 0 aliphatic rings. The van der Waals surface area contributed by atoms with Gasteiger partial charge in [0.05, 0.1) is 10.6 Å². The number of nitrogens with zero attached hydrogens (tertiary/aromatic N) is 2. The third-order valence-electron chi connectivity index (χ3n) is 2.74. The number of benzene rings is 1. The van der Waals surface area contributed by atoms with Gasteiger partial charge in [0, 0.05) is 17.8 Å². The molecule has 0 radical (unpaired) electrons. The molecule has 1 N–H and O–H groups in total. The first-order valence-corrected chi connectivity index (χ1v) is 5.59. The highest BCUT2D eigenvalue weighted by Crippen LogP contribution is 2.17. The average molecular weight is 235 g/mol. The van der Waals surface area contributed by atoms with Crippen molar-refractivity contribution in [1.29, 1.82) is 0 Å². The van der Waals surface area contributed by atoms with Crippen LogP contribution < -0.4 is 5.43 Å². The summed E-state index contributed by atoms with van der Waals surface area (Å²) in [4.78, 5) is 10.2. The van der Waals surface area contributed by atoms with E-state index in [2.05, 4.69) is 24.4 Å². The molecule has 1 rings (SSSR count). The Kier molecular flexibility index (Phi) is 4.63. The van der Waals surface area contributed by atoms with Crippen molar-refractivity contribution in [3.8, 4) is 0 Å². The van der Waals surface area contributed by atoms with E-state index in [1.807, 2.05) is 6.92 Å². The highest BCUT2D eigenvalue weighted by molar-refractivity contribution is 5.84. The first-order chi connectivity index (χ1) is 8.04. The van der Waals surface area contributed by atoms with E-state index in [0.29, 0.717) is 11.6 Å². The number of hydrogen-bond acceptors (Lipinski definition) is 4. The van der Waals surface area contributed by atoms with Crippen LogP contribution in [0.4, 0.5) is 11.4 Å². The fourth-order valence-electron chi connectivity index (χ4n) is 1.25. The van der Waals surface area contributed by atoms with Crippen molar-refractivity contribution in [2.75, 3.05) is 5.43 Å². The molecule has 0 aliphatic heterocycles. The summed E-state index contributed by atoms with van der Waals surface area (Å²) in [6.07, 6.45) is 1.02. The van der Waals surface area contributed by atoms with Gasteiger partial charge in [0.25, 0.3) is 5.69 Å². The van der Waals surface area contributed by atoms with E-state index in [0.717, 1.165) is 12.1 Å². The van der Waals surface area contributed by atoms with Gasteiger partial charge in [-0.3, -0.25) is 15.5 Å². The fourth-order valence-corrected chi connectivity index (χ4v) is 1.25. The third kappa shape index (κ3) is 3.86. The fraction of sp³-hybridized carbons (Fsp3) is 0.417. The molecule has 5 heteroatoms. The van der Waals surface area contributed by atoms with Gasteiger partial charge in [-0.25, -0.2) is 0 Å². The maximum absolute atomic E-state index is 10.6. The maximum atomic E-state index is 10.6. The Bertz CT molecular complexity index is 430. The summed E-state index contributed by atoms with van der Waals surface area (Å²) in [6, 6.07) is 6.30. The molecule has 0 saturated carbocycles. The number of hydrazone groups is 1. The Labute approximate surface area is 101 Å². The minimum absolute atomic E-state index is 0.0615. The van der Waals surface area contributed by atoms with Crippen molar-refractivity contribution < 1.29 is 4.92 Å². The van der Waals surface area contributed by atoms with Crippen LogP contribution in [0, 0.1) is 16.0 Å². The Morgan fingerprint density at radius 2 is 2.29 bits per heavy atom. The minimum atomic E-state index is -0.420. The Balaban J connectivity index is 2.75. The Hall–Kier alpha value is -1.91. The summed E-state index contributed by atoms with van der Waals surface area (Å²) in [5, 5.41) is 14.8.